The summed E-state index contributed by atoms with van der Waals surface area (Å²) in [6, 6.07) is 3.06. The number of benzene rings is 1. The number of ether oxygens (including phenoxy) is 1. The van der Waals surface area contributed by atoms with Gasteiger partial charge in [-0.15, -0.1) is 0 Å². The lowest BCUT2D eigenvalue weighted by Gasteiger charge is -2.50. The van der Waals surface area contributed by atoms with Crippen molar-refractivity contribution in [3.05, 3.63) is 35.4 Å². The monoisotopic (exact) mass is 504 g/mol. The molecular weight excluding hydrogens is 466 g/mol. The van der Waals surface area contributed by atoms with Gasteiger partial charge >= 0.3 is 6.03 Å². The summed E-state index contributed by atoms with van der Waals surface area (Å²) in [6.45, 7) is 3.89. The van der Waals surface area contributed by atoms with Gasteiger partial charge in [0.15, 0.2) is 0 Å². The van der Waals surface area contributed by atoms with E-state index in [4.69, 9.17) is 4.74 Å². The summed E-state index contributed by atoms with van der Waals surface area (Å²) < 4.78 is 34.2. The third-order valence-electron chi connectivity index (χ3n) is 9.09. The highest BCUT2D eigenvalue weighted by molar-refractivity contribution is 5.78. The molecule has 1 unspecified atom stereocenters. The molecular formula is C27H38F2N4O3. The first-order valence-corrected chi connectivity index (χ1v) is 13.4. The highest BCUT2D eigenvalue weighted by atomic mass is 19.1. The third kappa shape index (κ3) is 4.96. The molecule has 1 N–H and O–H groups in total. The minimum Gasteiger partial charge on any atom is -0.370 e. The summed E-state index contributed by atoms with van der Waals surface area (Å²) in [6.07, 6.45) is 6.57. The van der Waals surface area contributed by atoms with Crippen molar-refractivity contribution < 1.29 is 23.1 Å². The van der Waals surface area contributed by atoms with Gasteiger partial charge < -0.3 is 24.8 Å². The number of nitrogens with one attached hydrogen (secondary N) is 1. The van der Waals surface area contributed by atoms with E-state index in [1.54, 1.807) is 4.90 Å². The van der Waals surface area contributed by atoms with Crippen molar-refractivity contribution in [1.29, 1.82) is 0 Å². The first-order chi connectivity index (χ1) is 17.4. The van der Waals surface area contributed by atoms with E-state index in [0.717, 1.165) is 57.2 Å². The smallest absolute Gasteiger partial charge is 0.320 e. The van der Waals surface area contributed by atoms with Crippen LogP contribution in [0.2, 0.25) is 0 Å². The topological polar surface area (TPSA) is 65.1 Å². The van der Waals surface area contributed by atoms with Crippen molar-refractivity contribution >= 4 is 11.9 Å². The normalized spacial score (nSPS) is 28.7. The van der Waals surface area contributed by atoms with E-state index in [1.165, 1.54) is 6.07 Å². The van der Waals surface area contributed by atoms with Crippen LogP contribution in [0.15, 0.2) is 18.2 Å². The molecule has 36 heavy (non-hydrogen) atoms. The Morgan fingerprint density at radius 3 is 2.72 bits per heavy atom. The van der Waals surface area contributed by atoms with Crippen LogP contribution in [0.1, 0.15) is 56.6 Å². The Bertz CT molecular complexity index is 970. The molecule has 3 aliphatic heterocycles. The van der Waals surface area contributed by atoms with E-state index in [2.05, 4.69) is 5.32 Å². The van der Waals surface area contributed by atoms with Crippen molar-refractivity contribution in [2.75, 3.05) is 53.0 Å². The Labute approximate surface area is 212 Å². The largest absolute Gasteiger partial charge is 0.370 e. The molecule has 4 aliphatic rings. The minimum absolute atomic E-state index is 0.00932. The zero-order chi connectivity index (χ0) is 25.3. The maximum atomic E-state index is 14.8. The van der Waals surface area contributed by atoms with Crippen LogP contribution >= 0.6 is 0 Å². The molecule has 1 aromatic rings. The number of piperidine rings is 2. The van der Waals surface area contributed by atoms with Crippen molar-refractivity contribution in [2.24, 2.45) is 11.3 Å². The summed E-state index contributed by atoms with van der Waals surface area (Å²) in [5, 5.41) is 3.26. The highest BCUT2D eigenvalue weighted by Gasteiger charge is 2.48. The molecule has 7 nitrogen and oxygen atoms in total. The van der Waals surface area contributed by atoms with Gasteiger partial charge in [-0.1, -0.05) is 12.8 Å². The molecule has 9 heteroatoms. The van der Waals surface area contributed by atoms with Crippen LogP contribution in [0.4, 0.5) is 13.6 Å². The Hall–Kier alpha value is -2.26. The maximum Gasteiger partial charge on any atom is 0.320 e. The van der Waals surface area contributed by atoms with Gasteiger partial charge in [0.25, 0.3) is 0 Å². The lowest BCUT2D eigenvalue weighted by Crippen LogP contribution is -2.58. The number of hydrogen-bond acceptors (Lipinski definition) is 4. The number of morpholine rings is 1. The van der Waals surface area contributed by atoms with Crippen molar-refractivity contribution in [2.45, 2.75) is 57.0 Å². The van der Waals surface area contributed by atoms with Crippen LogP contribution in [0.5, 0.6) is 0 Å². The van der Waals surface area contributed by atoms with Crippen LogP contribution in [0.3, 0.4) is 0 Å². The average molecular weight is 505 g/mol. The van der Waals surface area contributed by atoms with E-state index < -0.39 is 17.7 Å². The van der Waals surface area contributed by atoms with Crippen molar-refractivity contribution in [1.82, 2.24) is 20.0 Å². The second kappa shape index (κ2) is 10.6. The van der Waals surface area contributed by atoms with Gasteiger partial charge in [0.2, 0.25) is 5.91 Å². The quantitative estimate of drug-likeness (QED) is 0.681. The van der Waals surface area contributed by atoms with E-state index in [9.17, 15) is 18.4 Å². The molecule has 0 aromatic heterocycles. The predicted octanol–water partition coefficient (Wildman–Crippen LogP) is 3.55. The first kappa shape index (κ1) is 25.4. The van der Waals surface area contributed by atoms with E-state index in [0.29, 0.717) is 45.1 Å². The van der Waals surface area contributed by atoms with E-state index in [-0.39, 0.29) is 35.6 Å². The summed E-state index contributed by atoms with van der Waals surface area (Å²) >= 11 is 0. The SMILES string of the molecule is CN[C@@H]1CCN(C(=O)N2CCC(CN3CCOCC3=O)C3(CCCC3)C2)[C@H](c2cc(F)ccc2F)C1. The second-order valence-electron chi connectivity index (χ2n) is 11.0. The number of carbonyl (C=O) groups excluding carboxylic acids is 2. The summed E-state index contributed by atoms with van der Waals surface area (Å²) in [7, 11) is 1.87. The lowest BCUT2D eigenvalue weighted by atomic mass is 9.69. The fourth-order valence-corrected chi connectivity index (χ4v) is 7.01. The van der Waals surface area contributed by atoms with Crippen LogP contribution in [-0.4, -0.2) is 85.7 Å². The number of urea groups is 1. The Morgan fingerprint density at radius 2 is 1.97 bits per heavy atom. The zero-order valence-electron chi connectivity index (χ0n) is 21.2. The Kier molecular flexibility index (Phi) is 7.49. The van der Waals surface area contributed by atoms with Gasteiger partial charge in [-0.25, -0.2) is 13.6 Å². The van der Waals surface area contributed by atoms with Crippen LogP contribution in [0.25, 0.3) is 0 Å². The molecule has 198 valence electrons. The number of hydrogen-bond donors (Lipinski definition) is 1. The average Bonchev–Trinajstić information content (AvgIpc) is 3.36. The van der Waals surface area contributed by atoms with Gasteiger partial charge in [0.1, 0.15) is 18.2 Å². The molecule has 1 saturated carbocycles. The van der Waals surface area contributed by atoms with Gasteiger partial charge in [-0.2, -0.15) is 0 Å². The van der Waals surface area contributed by atoms with Gasteiger partial charge in [-0.3, -0.25) is 4.79 Å². The molecule has 3 saturated heterocycles. The lowest BCUT2D eigenvalue weighted by molar-refractivity contribution is -0.145. The van der Waals surface area contributed by atoms with Gasteiger partial charge in [-0.05, 0) is 68.7 Å². The molecule has 5 rings (SSSR count). The Balaban J connectivity index is 1.35. The van der Waals surface area contributed by atoms with Gasteiger partial charge in [0, 0.05) is 44.3 Å². The molecule has 3 atom stereocenters. The second-order valence-corrected chi connectivity index (χ2v) is 11.0. The fourth-order valence-electron chi connectivity index (χ4n) is 7.01. The molecule has 0 radical (unpaired) electrons. The molecule has 3 heterocycles. The van der Waals surface area contributed by atoms with Crippen LogP contribution in [-0.2, 0) is 9.53 Å². The number of carbonyl (C=O) groups is 2. The summed E-state index contributed by atoms with van der Waals surface area (Å²) in [5.74, 6) is -0.552. The van der Waals surface area contributed by atoms with Crippen molar-refractivity contribution in [3.8, 4) is 0 Å². The molecule has 4 fully saturated rings. The highest BCUT2D eigenvalue weighted by Crippen LogP contribution is 2.49. The molecule has 3 amide bonds. The Morgan fingerprint density at radius 1 is 1.17 bits per heavy atom. The first-order valence-electron chi connectivity index (χ1n) is 13.4. The zero-order valence-corrected chi connectivity index (χ0v) is 21.2. The molecule has 1 aliphatic carbocycles. The number of halogens is 2. The fraction of sp³-hybridized carbons (Fsp3) is 0.704. The minimum atomic E-state index is -0.511. The van der Waals surface area contributed by atoms with Crippen LogP contribution < -0.4 is 5.32 Å². The number of nitrogens with zero attached hydrogens (tertiary/aromatic N) is 3. The molecule has 0 bridgehead atoms. The summed E-state index contributed by atoms with van der Waals surface area (Å²) in [5.41, 5.74) is 0.259. The summed E-state index contributed by atoms with van der Waals surface area (Å²) in [4.78, 5) is 32.0. The van der Waals surface area contributed by atoms with Crippen molar-refractivity contribution in [3.63, 3.8) is 0 Å². The number of likely N-dealkylation sites (tertiary alicyclic amines) is 2. The standard InChI is InChI=1S/C27H38F2N4O3/c1-30-21-7-11-33(24(15-21)22-14-20(28)4-5-23(22)29)26(35)32-10-6-19(27(18-32)8-2-3-9-27)16-31-12-13-36-17-25(31)34/h4-5,14,19,21,24,30H,2-3,6-13,15-18H2,1H3/t19?,21-,24+/m1/s1. The van der Waals surface area contributed by atoms with E-state index >= 15 is 0 Å². The maximum absolute atomic E-state index is 14.8. The third-order valence-corrected chi connectivity index (χ3v) is 9.09. The number of rotatable bonds is 4. The predicted molar refractivity (Wildman–Crippen MR) is 131 cm³/mol. The van der Waals surface area contributed by atoms with Crippen LogP contribution in [0, 0.1) is 23.0 Å². The van der Waals surface area contributed by atoms with Gasteiger partial charge in [0.05, 0.1) is 12.6 Å². The van der Waals surface area contributed by atoms with E-state index in [1.807, 2.05) is 16.8 Å². The molecule has 1 aromatic carbocycles. The number of amides is 3. The molecule has 1 spiro atoms.